The van der Waals surface area contributed by atoms with Crippen molar-refractivity contribution in [3.63, 3.8) is 0 Å². The smallest absolute Gasteiger partial charge is 0.240 e. The van der Waals surface area contributed by atoms with E-state index in [9.17, 15) is 8.42 Å². The number of hydrogen-bond acceptors (Lipinski definition) is 4. The van der Waals surface area contributed by atoms with E-state index in [4.69, 9.17) is 0 Å². The Morgan fingerprint density at radius 1 is 1.32 bits per heavy atom. The molecule has 0 aromatic heterocycles. The first kappa shape index (κ1) is 16.5. The van der Waals surface area contributed by atoms with E-state index in [2.05, 4.69) is 10.0 Å². The third-order valence-corrected chi connectivity index (χ3v) is 4.87. The first-order valence-electron chi connectivity index (χ1n) is 6.30. The van der Waals surface area contributed by atoms with E-state index in [1.165, 1.54) is 0 Å². The molecule has 19 heavy (non-hydrogen) atoms. The highest BCUT2D eigenvalue weighted by Gasteiger charge is 2.14. The van der Waals surface area contributed by atoms with Gasteiger partial charge in [-0.25, -0.2) is 13.1 Å². The zero-order valence-electron chi connectivity index (χ0n) is 11.7. The Balaban J connectivity index is 2.88. The average Bonchev–Trinajstić information content (AvgIpc) is 2.37. The largest absolute Gasteiger partial charge is 0.313 e. The molecule has 2 N–H and O–H groups in total. The van der Waals surface area contributed by atoms with Crippen LogP contribution in [-0.2, 0) is 16.6 Å². The Hall–Kier alpha value is -0.560. The van der Waals surface area contributed by atoms with E-state index in [-0.39, 0.29) is 0 Å². The molecule has 0 saturated heterocycles. The average molecular weight is 302 g/mol. The lowest BCUT2D eigenvalue weighted by Gasteiger charge is -2.10. The number of rotatable bonds is 8. The molecule has 0 amide bonds. The Morgan fingerprint density at radius 3 is 2.68 bits per heavy atom. The van der Waals surface area contributed by atoms with Crippen molar-refractivity contribution in [3.05, 3.63) is 29.3 Å². The van der Waals surface area contributed by atoms with Crippen molar-refractivity contribution in [1.82, 2.24) is 10.0 Å². The van der Waals surface area contributed by atoms with E-state index in [1.54, 1.807) is 23.9 Å². The summed E-state index contributed by atoms with van der Waals surface area (Å²) in [4.78, 5) is 0.340. The monoisotopic (exact) mass is 302 g/mol. The van der Waals surface area contributed by atoms with Crippen molar-refractivity contribution in [2.24, 2.45) is 0 Å². The molecule has 1 rings (SSSR count). The van der Waals surface area contributed by atoms with Crippen LogP contribution in [0, 0.1) is 6.92 Å². The van der Waals surface area contributed by atoms with E-state index < -0.39 is 10.0 Å². The number of thioether (sulfide) groups is 1. The summed E-state index contributed by atoms with van der Waals surface area (Å²) < 4.78 is 26.8. The van der Waals surface area contributed by atoms with Crippen molar-refractivity contribution in [2.45, 2.75) is 25.3 Å². The van der Waals surface area contributed by atoms with Crippen LogP contribution < -0.4 is 10.0 Å². The van der Waals surface area contributed by atoms with Crippen LogP contribution in [-0.4, -0.2) is 33.5 Å². The molecule has 0 fully saturated rings. The number of benzene rings is 1. The van der Waals surface area contributed by atoms with Gasteiger partial charge < -0.3 is 5.32 Å². The molecule has 4 nitrogen and oxygen atoms in total. The summed E-state index contributed by atoms with van der Waals surface area (Å²) in [5, 5.41) is 3.22. The van der Waals surface area contributed by atoms with Gasteiger partial charge in [-0.2, -0.15) is 11.8 Å². The molecule has 0 aliphatic carbocycles. The van der Waals surface area contributed by atoms with Crippen LogP contribution in [0.5, 0.6) is 0 Å². The quantitative estimate of drug-likeness (QED) is 0.718. The van der Waals surface area contributed by atoms with Crippen LogP contribution in [0.25, 0.3) is 0 Å². The summed E-state index contributed by atoms with van der Waals surface area (Å²) in [7, 11) is -3.39. The van der Waals surface area contributed by atoms with Gasteiger partial charge >= 0.3 is 0 Å². The standard InChI is InChI=1S/C13H22N2O2S2/c1-4-14-10-12-9-13(6-5-11(12)2)19(16,17)15-7-8-18-3/h5-6,9,14-15H,4,7-8,10H2,1-3H3. The zero-order valence-corrected chi connectivity index (χ0v) is 13.3. The first-order valence-corrected chi connectivity index (χ1v) is 9.17. The molecule has 0 heterocycles. The maximum atomic E-state index is 12.1. The molecule has 0 aliphatic heterocycles. The van der Waals surface area contributed by atoms with Gasteiger partial charge in [-0.1, -0.05) is 13.0 Å². The van der Waals surface area contributed by atoms with Gasteiger partial charge in [-0.05, 0) is 43.0 Å². The predicted octanol–water partition coefficient (Wildman–Crippen LogP) is 1.75. The van der Waals surface area contributed by atoms with Crippen LogP contribution in [0.2, 0.25) is 0 Å². The number of nitrogens with one attached hydrogen (secondary N) is 2. The number of sulfonamides is 1. The van der Waals surface area contributed by atoms with Crippen LogP contribution in [0.1, 0.15) is 18.1 Å². The molecule has 0 bridgehead atoms. The third-order valence-electron chi connectivity index (χ3n) is 2.79. The van der Waals surface area contributed by atoms with Crippen molar-refractivity contribution in [3.8, 4) is 0 Å². The van der Waals surface area contributed by atoms with Crippen molar-refractivity contribution >= 4 is 21.8 Å². The summed E-state index contributed by atoms with van der Waals surface area (Å²) in [6, 6.07) is 5.27. The number of hydrogen-bond donors (Lipinski definition) is 2. The molecule has 108 valence electrons. The lowest BCUT2D eigenvalue weighted by Crippen LogP contribution is -2.26. The second kappa shape index (κ2) is 7.89. The summed E-state index contributed by atoms with van der Waals surface area (Å²) in [5.74, 6) is 0.773. The fourth-order valence-electron chi connectivity index (χ4n) is 1.63. The second-order valence-electron chi connectivity index (χ2n) is 4.26. The number of aryl methyl sites for hydroxylation is 1. The normalized spacial score (nSPS) is 11.7. The molecule has 0 radical (unpaired) electrons. The van der Waals surface area contributed by atoms with Crippen molar-refractivity contribution in [2.75, 3.05) is 25.1 Å². The van der Waals surface area contributed by atoms with E-state index >= 15 is 0 Å². The molecular formula is C13H22N2O2S2. The molecule has 0 atom stereocenters. The summed E-state index contributed by atoms with van der Waals surface area (Å²) in [5.41, 5.74) is 2.12. The topological polar surface area (TPSA) is 58.2 Å². The Bertz CT molecular complexity index is 501. The Kier molecular flexibility index (Phi) is 6.85. The predicted molar refractivity (Wildman–Crippen MR) is 82.1 cm³/mol. The molecule has 0 unspecified atom stereocenters. The molecule has 1 aromatic rings. The van der Waals surface area contributed by atoms with Gasteiger partial charge in [0.1, 0.15) is 0 Å². The SMILES string of the molecule is CCNCc1cc(S(=O)(=O)NCCSC)ccc1C. The van der Waals surface area contributed by atoms with Crippen LogP contribution in [0.4, 0.5) is 0 Å². The summed E-state index contributed by atoms with van der Waals surface area (Å²) >= 11 is 1.62. The highest BCUT2D eigenvalue weighted by molar-refractivity contribution is 7.98. The molecule has 1 aromatic carbocycles. The maximum Gasteiger partial charge on any atom is 0.240 e. The first-order chi connectivity index (χ1) is 9.01. The van der Waals surface area contributed by atoms with Gasteiger partial charge in [-0.15, -0.1) is 0 Å². The van der Waals surface area contributed by atoms with E-state index in [0.717, 1.165) is 23.4 Å². The molecule has 0 saturated carbocycles. The van der Waals surface area contributed by atoms with Crippen molar-refractivity contribution in [1.29, 1.82) is 0 Å². The van der Waals surface area contributed by atoms with Crippen molar-refractivity contribution < 1.29 is 8.42 Å². The second-order valence-corrected chi connectivity index (χ2v) is 7.01. The lowest BCUT2D eigenvalue weighted by molar-refractivity contribution is 0.584. The third kappa shape index (κ3) is 5.14. The Morgan fingerprint density at radius 2 is 2.05 bits per heavy atom. The fourth-order valence-corrected chi connectivity index (χ4v) is 3.14. The highest BCUT2D eigenvalue weighted by Crippen LogP contribution is 2.15. The molecule has 0 aliphatic rings. The minimum atomic E-state index is -3.39. The van der Waals surface area contributed by atoms with Crippen LogP contribution >= 0.6 is 11.8 Å². The summed E-state index contributed by atoms with van der Waals surface area (Å²) in [6.07, 6.45) is 1.95. The van der Waals surface area contributed by atoms with E-state index in [1.807, 2.05) is 26.2 Å². The molecule has 0 spiro atoms. The van der Waals surface area contributed by atoms with Gasteiger partial charge in [-0.3, -0.25) is 0 Å². The lowest BCUT2D eigenvalue weighted by atomic mass is 10.1. The molecular weight excluding hydrogens is 280 g/mol. The van der Waals surface area contributed by atoms with Gasteiger partial charge in [0.05, 0.1) is 4.90 Å². The zero-order chi connectivity index (χ0) is 14.3. The molecule has 6 heteroatoms. The van der Waals surface area contributed by atoms with Crippen LogP contribution in [0.15, 0.2) is 23.1 Å². The van der Waals surface area contributed by atoms with Gasteiger partial charge in [0.25, 0.3) is 0 Å². The Labute approximate surface area is 120 Å². The van der Waals surface area contributed by atoms with Gasteiger partial charge in [0, 0.05) is 18.8 Å². The highest BCUT2D eigenvalue weighted by atomic mass is 32.2. The fraction of sp³-hybridized carbons (Fsp3) is 0.538. The van der Waals surface area contributed by atoms with Crippen LogP contribution in [0.3, 0.4) is 0 Å². The van der Waals surface area contributed by atoms with Gasteiger partial charge in [0.15, 0.2) is 0 Å². The van der Waals surface area contributed by atoms with Gasteiger partial charge in [0.2, 0.25) is 10.0 Å². The minimum Gasteiger partial charge on any atom is -0.313 e. The maximum absolute atomic E-state index is 12.1. The summed E-state index contributed by atoms with van der Waals surface area (Å²) in [6.45, 7) is 6.03. The van der Waals surface area contributed by atoms with E-state index in [0.29, 0.717) is 18.0 Å². The minimum absolute atomic E-state index is 0.340.